The summed E-state index contributed by atoms with van der Waals surface area (Å²) >= 11 is 0. The van der Waals surface area contributed by atoms with Gasteiger partial charge in [-0.25, -0.2) is 4.98 Å². The number of rotatable bonds is 7. The molecule has 1 saturated heterocycles. The van der Waals surface area contributed by atoms with Gasteiger partial charge in [0.05, 0.1) is 25.6 Å². The predicted octanol–water partition coefficient (Wildman–Crippen LogP) is 3.10. The molecule has 1 aliphatic rings. The van der Waals surface area contributed by atoms with Crippen molar-refractivity contribution in [1.82, 2.24) is 20.1 Å². The fraction of sp³-hybridized carbons (Fsp3) is 0.333. The molecule has 32 heavy (non-hydrogen) atoms. The van der Waals surface area contributed by atoms with Crippen molar-refractivity contribution >= 4 is 11.7 Å². The largest absolute Gasteiger partial charge is 0.493 e. The maximum atomic E-state index is 13.0. The number of hydrogen-bond donors (Lipinski definition) is 1. The van der Waals surface area contributed by atoms with Gasteiger partial charge in [-0.1, -0.05) is 30.3 Å². The fourth-order valence-electron chi connectivity index (χ4n) is 3.84. The van der Waals surface area contributed by atoms with Gasteiger partial charge in [0.15, 0.2) is 11.5 Å². The SMILES string of the molecule is COc1cc(C(=O)N2CCC(c3ccc(N)nn3)CC2)ncc1OCCc1ccccc1. The number of methoxy groups -OCH3 is 1. The van der Waals surface area contributed by atoms with Crippen molar-refractivity contribution in [3.63, 3.8) is 0 Å². The maximum absolute atomic E-state index is 13.0. The molecule has 0 atom stereocenters. The third kappa shape index (κ3) is 5.14. The van der Waals surface area contributed by atoms with E-state index in [1.54, 1.807) is 25.4 Å². The first-order valence-corrected chi connectivity index (χ1v) is 10.7. The van der Waals surface area contributed by atoms with E-state index in [1.807, 2.05) is 29.2 Å². The summed E-state index contributed by atoms with van der Waals surface area (Å²) in [6.45, 7) is 1.76. The lowest BCUT2D eigenvalue weighted by Crippen LogP contribution is -2.38. The normalized spacial score (nSPS) is 14.2. The third-order valence-corrected chi connectivity index (χ3v) is 5.67. The molecule has 8 nitrogen and oxygen atoms in total. The summed E-state index contributed by atoms with van der Waals surface area (Å²) in [5.41, 5.74) is 8.08. The number of ether oxygens (including phenoxy) is 2. The highest BCUT2D eigenvalue weighted by atomic mass is 16.5. The van der Waals surface area contributed by atoms with Crippen molar-refractivity contribution in [2.45, 2.75) is 25.2 Å². The quantitative estimate of drug-likeness (QED) is 0.611. The Morgan fingerprint density at radius 2 is 1.88 bits per heavy atom. The van der Waals surface area contributed by atoms with Crippen LogP contribution in [0, 0.1) is 0 Å². The van der Waals surface area contributed by atoms with Gasteiger partial charge in [0.2, 0.25) is 0 Å². The van der Waals surface area contributed by atoms with Crippen molar-refractivity contribution in [3.05, 3.63) is 71.7 Å². The highest BCUT2D eigenvalue weighted by Gasteiger charge is 2.26. The standard InChI is InChI=1S/C24H27N5O3/c1-31-21-15-20(26-16-22(21)32-14-11-17-5-3-2-4-6-17)24(30)29-12-9-18(10-13-29)19-7-8-23(25)28-27-19/h2-8,15-16,18H,9-14H2,1H3,(H2,25,28). The summed E-state index contributed by atoms with van der Waals surface area (Å²) in [4.78, 5) is 19.1. The van der Waals surface area contributed by atoms with Gasteiger partial charge in [-0.05, 0) is 30.5 Å². The number of hydrogen-bond acceptors (Lipinski definition) is 7. The second-order valence-corrected chi connectivity index (χ2v) is 7.75. The molecule has 3 aromatic rings. The first-order valence-electron chi connectivity index (χ1n) is 10.7. The van der Waals surface area contributed by atoms with Crippen molar-refractivity contribution in [2.24, 2.45) is 0 Å². The predicted molar refractivity (Wildman–Crippen MR) is 121 cm³/mol. The molecular formula is C24H27N5O3. The third-order valence-electron chi connectivity index (χ3n) is 5.67. The molecule has 1 aliphatic heterocycles. The number of nitrogen functional groups attached to an aromatic ring is 1. The first-order chi connectivity index (χ1) is 15.6. The number of piperidine rings is 1. The lowest BCUT2D eigenvalue weighted by atomic mass is 9.93. The van der Waals surface area contributed by atoms with Gasteiger partial charge in [-0.2, -0.15) is 5.10 Å². The minimum Gasteiger partial charge on any atom is -0.493 e. The summed E-state index contributed by atoms with van der Waals surface area (Å²) < 4.78 is 11.3. The van der Waals surface area contributed by atoms with Gasteiger partial charge < -0.3 is 20.1 Å². The summed E-state index contributed by atoms with van der Waals surface area (Å²) in [5.74, 6) is 1.61. The van der Waals surface area contributed by atoms with Crippen molar-refractivity contribution in [1.29, 1.82) is 0 Å². The molecule has 0 aliphatic carbocycles. The molecule has 4 rings (SSSR count). The van der Waals surface area contributed by atoms with E-state index in [0.717, 1.165) is 25.0 Å². The van der Waals surface area contributed by atoms with E-state index in [0.29, 0.717) is 42.7 Å². The van der Waals surface area contributed by atoms with Crippen molar-refractivity contribution < 1.29 is 14.3 Å². The molecule has 0 unspecified atom stereocenters. The van der Waals surface area contributed by atoms with E-state index in [1.165, 1.54) is 5.56 Å². The van der Waals surface area contributed by atoms with E-state index >= 15 is 0 Å². The molecule has 0 radical (unpaired) electrons. The molecular weight excluding hydrogens is 406 g/mol. The summed E-state index contributed by atoms with van der Waals surface area (Å²) in [7, 11) is 1.56. The van der Waals surface area contributed by atoms with Gasteiger partial charge in [-0.3, -0.25) is 4.79 Å². The number of carbonyl (C=O) groups is 1. The van der Waals surface area contributed by atoms with Crippen LogP contribution in [-0.2, 0) is 6.42 Å². The number of pyridine rings is 1. The van der Waals surface area contributed by atoms with Crippen LogP contribution in [0.25, 0.3) is 0 Å². The maximum Gasteiger partial charge on any atom is 0.272 e. The molecule has 3 heterocycles. The minimum atomic E-state index is -0.110. The zero-order valence-electron chi connectivity index (χ0n) is 18.1. The molecule has 0 bridgehead atoms. The van der Waals surface area contributed by atoms with Crippen LogP contribution in [0.4, 0.5) is 5.82 Å². The van der Waals surface area contributed by atoms with Crippen LogP contribution >= 0.6 is 0 Å². The highest BCUT2D eigenvalue weighted by molar-refractivity contribution is 5.93. The number of aromatic nitrogens is 3. The van der Waals surface area contributed by atoms with Gasteiger partial charge in [0.25, 0.3) is 5.91 Å². The average molecular weight is 434 g/mol. The molecule has 1 aromatic carbocycles. The van der Waals surface area contributed by atoms with E-state index in [-0.39, 0.29) is 11.8 Å². The van der Waals surface area contributed by atoms with E-state index in [9.17, 15) is 4.79 Å². The minimum absolute atomic E-state index is 0.110. The lowest BCUT2D eigenvalue weighted by Gasteiger charge is -2.31. The molecule has 8 heteroatoms. The fourth-order valence-corrected chi connectivity index (χ4v) is 3.84. The topological polar surface area (TPSA) is 103 Å². The Bertz CT molecular complexity index is 1040. The Hall–Kier alpha value is -3.68. The smallest absolute Gasteiger partial charge is 0.272 e. The van der Waals surface area contributed by atoms with Gasteiger partial charge >= 0.3 is 0 Å². The van der Waals surface area contributed by atoms with E-state index in [2.05, 4.69) is 27.3 Å². The molecule has 1 fully saturated rings. The van der Waals surface area contributed by atoms with E-state index < -0.39 is 0 Å². The van der Waals surface area contributed by atoms with Crippen LogP contribution < -0.4 is 15.2 Å². The van der Waals surface area contributed by atoms with E-state index in [4.69, 9.17) is 15.2 Å². The van der Waals surface area contributed by atoms with Crippen molar-refractivity contribution in [2.75, 3.05) is 32.5 Å². The monoisotopic (exact) mass is 433 g/mol. The Balaban J connectivity index is 1.35. The zero-order chi connectivity index (χ0) is 22.3. The van der Waals surface area contributed by atoms with Crippen LogP contribution in [-0.4, -0.2) is 52.8 Å². The average Bonchev–Trinajstić information content (AvgIpc) is 2.85. The zero-order valence-corrected chi connectivity index (χ0v) is 18.1. The number of amides is 1. The van der Waals surface area contributed by atoms with Crippen LogP contribution in [0.15, 0.2) is 54.7 Å². The summed E-state index contributed by atoms with van der Waals surface area (Å²) in [6.07, 6.45) is 3.98. The number of benzene rings is 1. The number of nitrogens with zero attached hydrogens (tertiary/aromatic N) is 4. The molecule has 0 spiro atoms. The Morgan fingerprint density at radius 3 is 2.56 bits per heavy atom. The molecule has 1 amide bonds. The van der Waals surface area contributed by atoms with Gasteiger partial charge in [-0.15, -0.1) is 5.10 Å². The van der Waals surface area contributed by atoms with Crippen LogP contribution in [0.3, 0.4) is 0 Å². The Kier molecular flexibility index (Phi) is 6.79. The lowest BCUT2D eigenvalue weighted by molar-refractivity contribution is 0.0705. The second-order valence-electron chi connectivity index (χ2n) is 7.75. The first kappa shape index (κ1) is 21.5. The number of likely N-dealkylation sites (tertiary alicyclic amines) is 1. The Morgan fingerprint density at radius 1 is 1.09 bits per heavy atom. The van der Waals surface area contributed by atoms with Crippen LogP contribution in [0.2, 0.25) is 0 Å². The van der Waals surface area contributed by atoms with Gasteiger partial charge in [0, 0.05) is 31.5 Å². The number of carbonyl (C=O) groups excluding carboxylic acids is 1. The molecule has 166 valence electrons. The highest BCUT2D eigenvalue weighted by Crippen LogP contribution is 2.30. The van der Waals surface area contributed by atoms with Crippen LogP contribution in [0.5, 0.6) is 11.5 Å². The summed E-state index contributed by atoms with van der Waals surface area (Å²) in [6, 6.07) is 15.4. The molecule has 2 N–H and O–H groups in total. The number of anilines is 1. The summed E-state index contributed by atoms with van der Waals surface area (Å²) in [5, 5.41) is 8.12. The van der Waals surface area contributed by atoms with Crippen molar-refractivity contribution in [3.8, 4) is 11.5 Å². The molecule has 2 aromatic heterocycles. The van der Waals surface area contributed by atoms with Gasteiger partial charge in [0.1, 0.15) is 11.5 Å². The van der Waals surface area contributed by atoms with Crippen LogP contribution in [0.1, 0.15) is 40.5 Å². The number of nitrogens with two attached hydrogens (primary N) is 1. The second kappa shape index (κ2) is 10.1. The molecule has 0 saturated carbocycles. The Labute approximate surface area is 187 Å².